The zero-order valence-corrected chi connectivity index (χ0v) is 18.3. The van der Waals surface area contributed by atoms with Gasteiger partial charge in [0.25, 0.3) is 11.8 Å². The highest BCUT2D eigenvalue weighted by molar-refractivity contribution is 7.11. The van der Waals surface area contributed by atoms with E-state index in [-0.39, 0.29) is 11.8 Å². The lowest BCUT2D eigenvalue weighted by Gasteiger charge is -2.18. The van der Waals surface area contributed by atoms with E-state index in [1.807, 2.05) is 73.8 Å². The third-order valence-corrected chi connectivity index (χ3v) is 6.19. The Kier molecular flexibility index (Phi) is 5.31. The van der Waals surface area contributed by atoms with Crippen molar-refractivity contribution in [2.75, 3.05) is 10.2 Å². The number of aryl methyl sites for hydroxylation is 2. The maximum atomic E-state index is 13.5. The predicted octanol–water partition coefficient (Wildman–Crippen LogP) is 5.88. The molecule has 0 spiro atoms. The van der Waals surface area contributed by atoms with Gasteiger partial charge >= 0.3 is 0 Å². The number of amides is 2. The van der Waals surface area contributed by atoms with E-state index in [1.54, 1.807) is 0 Å². The molecule has 0 saturated carbocycles. The van der Waals surface area contributed by atoms with E-state index in [0.717, 1.165) is 21.7 Å². The lowest BCUT2D eigenvalue weighted by molar-refractivity contribution is -0.120. The zero-order valence-electron chi connectivity index (χ0n) is 17.5. The van der Waals surface area contributed by atoms with E-state index in [9.17, 15) is 9.59 Å². The molecule has 30 heavy (non-hydrogen) atoms. The molecular weight excluding hydrogens is 392 g/mol. The quantitative estimate of drug-likeness (QED) is 0.528. The summed E-state index contributed by atoms with van der Waals surface area (Å²) in [5, 5.41) is 5.15. The van der Waals surface area contributed by atoms with Crippen molar-refractivity contribution < 1.29 is 9.59 Å². The van der Waals surface area contributed by atoms with Crippen LogP contribution in [0.15, 0.2) is 65.7 Å². The second-order valence-corrected chi connectivity index (χ2v) is 8.81. The van der Waals surface area contributed by atoms with Crippen molar-refractivity contribution in [1.29, 1.82) is 0 Å². The Morgan fingerprint density at radius 1 is 0.933 bits per heavy atom. The van der Waals surface area contributed by atoms with Crippen molar-refractivity contribution in [3.8, 4) is 0 Å². The van der Waals surface area contributed by atoms with Crippen LogP contribution >= 0.6 is 11.3 Å². The second-order valence-electron chi connectivity index (χ2n) is 7.86. The molecule has 1 aromatic heterocycles. The van der Waals surface area contributed by atoms with Crippen LogP contribution in [0.1, 0.15) is 41.3 Å². The van der Waals surface area contributed by atoms with E-state index in [1.165, 1.54) is 21.8 Å². The number of benzene rings is 2. The Hall–Kier alpha value is -3.18. The number of hydrogen-bond donors (Lipinski definition) is 1. The molecule has 0 aliphatic carbocycles. The fourth-order valence-corrected chi connectivity index (χ4v) is 4.34. The molecule has 0 unspecified atom stereocenters. The summed E-state index contributed by atoms with van der Waals surface area (Å²) in [6, 6.07) is 17.6. The lowest BCUT2D eigenvalue weighted by atomic mass is 10.0. The summed E-state index contributed by atoms with van der Waals surface area (Å²) < 4.78 is 0. The second kappa shape index (κ2) is 7.92. The molecule has 2 heterocycles. The van der Waals surface area contributed by atoms with Crippen LogP contribution < -0.4 is 10.2 Å². The van der Waals surface area contributed by atoms with Gasteiger partial charge in [0.1, 0.15) is 5.70 Å². The Labute approximate surface area is 180 Å². The molecule has 0 atom stereocenters. The first-order valence-electron chi connectivity index (χ1n) is 9.98. The maximum Gasteiger partial charge on any atom is 0.282 e. The van der Waals surface area contributed by atoms with Gasteiger partial charge in [-0.15, -0.1) is 11.3 Å². The van der Waals surface area contributed by atoms with Gasteiger partial charge in [-0.3, -0.25) is 9.59 Å². The minimum atomic E-state index is -0.329. The van der Waals surface area contributed by atoms with Crippen LogP contribution in [0.4, 0.5) is 11.4 Å². The molecule has 3 aromatic rings. The Morgan fingerprint density at radius 2 is 1.67 bits per heavy atom. The first-order valence-corrected chi connectivity index (χ1v) is 10.9. The number of rotatable bonds is 5. The lowest BCUT2D eigenvalue weighted by Crippen LogP contribution is -2.33. The molecule has 4 nitrogen and oxygen atoms in total. The summed E-state index contributed by atoms with van der Waals surface area (Å²) in [5.41, 5.74) is 5.26. The molecule has 4 rings (SSSR count). The summed E-state index contributed by atoms with van der Waals surface area (Å²) in [5.74, 6) is -0.197. The minimum Gasteiger partial charge on any atom is -0.350 e. The average Bonchev–Trinajstić information content (AvgIpc) is 3.32. The van der Waals surface area contributed by atoms with Gasteiger partial charge < -0.3 is 5.32 Å². The first kappa shape index (κ1) is 20.1. The summed E-state index contributed by atoms with van der Waals surface area (Å²) in [4.78, 5) is 29.0. The molecule has 0 fully saturated rings. The minimum absolute atomic E-state index is 0.294. The monoisotopic (exact) mass is 416 g/mol. The number of carbonyl (C=O) groups is 2. The molecule has 2 amide bonds. The summed E-state index contributed by atoms with van der Waals surface area (Å²) in [6.07, 6.45) is 0. The summed E-state index contributed by atoms with van der Waals surface area (Å²) in [6.45, 7) is 8.15. The molecular formula is C25H24N2O2S. The normalized spacial score (nSPS) is 14.2. The fraction of sp³-hybridized carbons (Fsp3) is 0.200. The van der Waals surface area contributed by atoms with E-state index in [4.69, 9.17) is 0 Å². The van der Waals surface area contributed by atoms with Gasteiger partial charge in [-0.1, -0.05) is 44.2 Å². The third kappa shape index (κ3) is 3.57. The number of carbonyl (C=O) groups excluding carboxylic acids is 2. The highest BCUT2D eigenvalue weighted by Crippen LogP contribution is 2.37. The third-order valence-electron chi connectivity index (χ3n) is 5.30. The van der Waals surface area contributed by atoms with Gasteiger partial charge in [0, 0.05) is 10.6 Å². The van der Waals surface area contributed by atoms with Crippen molar-refractivity contribution in [2.24, 2.45) is 0 Å². The highest BCUT2D eigenvalue weighted by Gasteiger charge is 2.41. The van der Waals surface area contributed by atoms with Crippen LogP contribution in [0, 0.1) is 13.8 Å². The van der Waals surface area contributed by atoms with Gasteiger partial charge in [0.05, 0.1) is 11.3 Å². The average molecular weight is 417 g/mol. The Bertz CT molecular complexity index is 1140. The highest BCUT2D eigenvalue weighted by atomic mass is 32.1. The van der Waals surface area contributed by atoms with E-state index >= 15 is 0 Å². The Morgan fingerprint density at radius 3 is 2.30 bits per heavy atom. The summed E-state index contributed by atoms with van der Waals surface area (Å²) in [7, 11) is 0. The van der Waals surface area contributed by atoms with Crippen molar-refractivity contribution >= 4 is 40.1 Å². The van der Waals surface area contributed by atoms with Crippen molar-refractivity contribution in [3.63, 3.8) is 0 Å². The molecule has 2 aromatic carbocycles. The molecule has 1 aliphatic heterocycles. The van der Waals surface area contributed by atoms with Crippen LogP contribution in [0.5, 0.6) is 0 Å². The van der Waals surface area contributed by atoms with Crippen LogP contribution in [0.2, 0.25) is 0 Å². The number of nitrogens with zero attached hydrogens (tertiary/aromatic N) is 1. The largest absolute Gasteiger partial charge is 0.350 e. The number of nitrogens with one attached hydrogen (secondary N) is 1. The van der Waals surface area contributed by atoms with Crippen LogP contribution in [-0.4, -0.2) is 11.8 Å². The topological polar surface area (TPSA) is 49.4 Å². The van der Waals surface area contributed by atoms with Crippen molar-refractivity contribution in [2.45, 2.75) is 33.6 Å². The van der Waals surface area contributed by atoms with E-state index in [0.29, 0.717) is 22.9 Å². The molecule has 5 heteroatoms. The molecule has 1 N–H and O–H groups in total. The standard InChI is InChI=1S/C25H24N2O2S/c1-15(2)18-9-11-19(12-10-18)26-23-22(21-6-5-13-30-21)24(28)27(25(23)29)20-14-16(3)7-8-17(20)4/h5-15,26H,1-4H3. The zero-order chi connectivity index (χ0) is 21.4. The van der Waals surface area contributed by atoms with Crippen molar-refractivity contribution in [1.82, 2.24) is 0 Å². The molecule has 0 radical (unpaired) electrons. The summed E-state index contributed by atoms with van der Waals surface area (Å²) >= 11 is 1.45. The molecule has 0 bridgehead atoms. The van der Waals surface area contributed by atoms with E-state index in [2.05, 4.69) is 19.2 Å². The molecule has 1 aliphatic rings. The Balaban J connectivity index is 1.77. The van der Waals surface area contributed by atoms with Gasteiger partial charge in [-0.2, -0.15) is 0 Å². The van der Waals surface area contributed by atoms with E-state index < -0.39 is 0 Å². The first-order chi connectivity index (χ1) is 14.4. The van der Waals surface area contributed by atoms with Crippen LogP contribution in [0.25, 0.3) is 5.57 Å². The predicted molar refractivity (Wildman–Crippen MR) is 124 cm³/mol. The number of hydrogen-bond acceptors (Lipinski definition) is 4. The van der Waals surface area contributed by atoms with Crippen LogP contribution in [-0.2, 0) is 9.59 Å². The maximum absolute atomic E-state index is 13.5. The van der Waals surface area contributed by atoms with Gasteiger partial charge in [0.15, 0.2) is 0 Å². The van der Waals surface area contributed by atoms with Gasteiger partial charge in [-0.25, -0.2) is 4.90 Å². The van der Waals surface area contributed by atoms with Gasteiger partial charge in [0.2, 0.25) is 0 Å². The number of thiophene rings is 1. The smallest absolute Gasteiger partial charge is 0.282 e. The van der Waals surface area contributed by atoms with Crippen molar-refractivity contribution in [3.05, 3.63) is 87.2 Å². The molecule has 152 valence electrons. The fourth-order valence-electron chi connectivity index (χ4n) is 3.57. The SMILES string of the molecule is Cc1ccc(C)c(N2C(=O)C(Nc3ccc(C(C)C)cc3)=C(c3cccs3)C2=O)c1. The number of anilines is 2. The van der Waals surface area contributed by atoms with Gasteiger partial charge in [-0.05, 0) is 66.1 Å². The molecule has 0 saturated heterocycles. The van der Waals surface area contributed by atoms with Crippen LogP contribution in [0.3, 0.4) is 0 Å². The number of imide groups is 1.